The first-order valence-electron chi connectivity index (χ1n) is 28.3. The standard InChI is InChI=1S/C73H79N/c1-70(2,3)58-47-66(71(4,5)6)69(67(48-58)72(7,8)9)55-37-43-59(44-38-55)74(68-32-22-20-29-61(68)54-27-17-12-18-28-54)60-45-46-63-62-30-19-21-31-64(62)73(65(63)49-60,56-39-33-52(34-40-56)50-23-13-10-14-24-50)57-41-35-53(36-42-57)51-25-15-11-16-26-51/h12,17-22,27-51H,10-11,13-16,23-26H2,1-9H3. The average molecular weight is 970 g/mol. The van der Waals surface area contributed by atoms with E-state index in [-0.39, 0.29) is 16.2 Å². The van der Waals surface area contributed by atoms with E-state index in [4.69, 9.17) is 0 Å². The zero-order valence-corrected chi connectivity index (χ0v) is 46.0. The molecule has 2 fully saturated rings. The summed E-state index contributed by atoms with van der Waals surface area (Å²) in [5.41, 5.74) is 23.1. The number of nitrogens with zero attached hydrogens (tertiary/aromatic N) is 1. The Morgan fingerprint density at radius 2 is 0.851 bits per heavy atom. The van der Waals surface area contributed by atoms with Gasteiger partial charge in [-0.15, -0.1) is 0 Å². The van der Waals surface area contributed by atoms with Crippen LogP contribution in [0.4, 0.5) is 17.1 Å². The van der Waals surface area contributed by atoms with E-state index < -0.39 is 5.41 Å². The summed E-state index contributed by atoms with van der Waals surface area (Å²) in [6.45, 7) is 21.3. The SMILES string of the molecule is CC(C)(C)c1cc(C(C)(C)C)c(-c2ccc(N(c3ccc4c(c3)C(c3ccc(C5CCCCC5)cc3)(c3ccc(C5CCCCC5)cc3)c3ccccc3-4)c3ccccc3-c3ccccc3)cc2)c(C(C)(C)C)c1. The first-order valence-corrected chi connectivity index (χ1v) is 28.3. The number of hydrogen-bond donors (Lipinski definition) is 0. The van der Waals surface area contributed by atoms with Crippen molar-refractivity contribution in [3.8, 4) is 33.4 Å². The lowest BCUT2D eigenvalue weighted by Crippen LogP contribution is -2.29. The van der Waals surface area contributed by atoms with Gasteiger partial charge in [0, 0.05) is 16.9 Å². The maximum absolute atomic E-state index is 2.57. The van der Waals surface area contributed by atoms with Crippen LogP contribution in [0.15, 0.2) is 182 Å². The molecule has 0 amide bonds. The molecule has 0 heterocycles. The van der Waals surface area contributed by atoms with Crippen molar-refractivity contribution >= 4 is 17.1 Å². The highest BCUT2D eigenvalue weighted by Crippen LogP contribution is 2.58. The molecule has 8 aromatic rings. The highest BCUT2D eigenvalue weighted by Gasteiger charge is 2.47. The van der Waals surface area contributed by atoms with Gasteiger partial charge in [-0.2, -0.15) is 0 Å². The Hall–Kier alpha value is -6.44. The summed E-state index contributed by atoms with van der Waals surface area (Å²) in [6, 6.07) is 71.2. The normalized spacial score (nSPS) is 16.2. The van der Waals surface area contributed by atoms with E-state index in [0.29, 0.717) is 11.8 Å². The molecule has 8 aromatic carbocycles. The van der Waals surface area contributed by atoms with Crippen LogP contribution >= 0.6 is 0 Å². The molecule has 0 atom stereocenters. The Morgan fingerprint density at radius 1 is 0.378 bits per heavy atom. The minimum absolute atomic E-state index is 0.0284. The third-order valence-electron chi connectivity index (χ3n) is 17.4. The number of benzene rings is 8. The quantitative estimate of drug-likeness (QED) is 0.139. The fraction of sp³-hybridized carbons (Fsp3) is 0.342. The Morgan fingerprint density at radius 3 is 1.38 bits per heavy atom. The van der Waals surface area contributed by atoms with Crippen LogP contribution in [0.5, 0.6) is 0 Å². The zero-order valence-electron chi connectivity index (χ0n) is 46.0. The predicted molar refractivity (Wildman–Crippen MR) is 317 cm³/mol. The molecule has 0 spiro atoms. The second-order valence-corrected chi connectivity index (χ2v) is 25.4. The molecule has 0 bridgehead atoms. The Bertz CT molecular complexity index is 3150. The molecule has 3 aliphatic carbocycles. The summed E-state index contributed by atoms with van der Waals surface area (Å²) in [5, 5.41) is 0. The lowest BCUT2D eigenvalue weighted by molar-refractivity contribution is 0.443. The Labute approximate surface area is 445 Å². The van der Waals surface area contributed by atoms with Gasteiger partial charge < -0.3 is 4.90 Å². The molecule has 0 saturated heterocycles. The fourth-order valence-corrected chi connectivity index (χ4v) is 13.4. The molecule has 0 N–H and O–H groups in total. The van der Waals surface area contributed by atoms with Crippen LogP contribution in [0.2, 0.25) is 0 Å². The molecule has 1 nitrogen and oxygen atoms in total. The predicted octanol–water partition coefficient (Wildman–Crippen LogP) is 20.8. The van der Waals surface area contributed by atoms with Crippen molar-refractivity contribution in [2.45, 2.75) is 160 Å². The number of hydrogen-bond acceptors (Lipinski definition) is 1. The first-order chi connectivity index (χ1) is 35.6. The second-order valence-electron chi connectivity index (χ2n) is 25.4. The van der Waals surface area contributed by atoms with E-state index in [0.717, 1.165) is 17.1 Å². The van der Waals surface area contributed by atoms with Gasteiger partial charge in [0.05, 0.1) is 11.1 Å². The number of fused-ring (bicyclic) bond motifs is 3. The van der Waals surface area contributed by atoms with E-state index in [1.165, 1.54) is 148 Å². The van der Waals surface area contributed by atoms with Gasteiger partial charge in [-0.05, 0) is 162 Å². The summed E-state index contributed by atoms with van der Waals surface area (Å²) >= 11 is 0. The van der Waals surface area contributed by atoms with Gasteiger partial charge in [0.15, 0.2) is 0 Å². The van der Waals surface area contributed by atoms with E-state index in [1.807, 2.05) is 0 Å². The molecule has 376 valence electrons. The van der Waals surface area contributed by atoms with E-state index in [2.05, 4.69) is 249 Å². The van der Waals surface area contributed by atoms with Crippen LogP contribution < -0.4 is 4.90 Å². The topological polar surface area (TPSA) is 3.24 Å². The highest BCUT2D eigenvalue weighted by atomic mass is 15.1. The zero-order chi connectivity index (χ0) is 51.4. The van der Waals surface area contributed by atoms with Crippen molar-refractivity contribution in [3.05, 3.63) is 232 Å². The largest absolute Gasteiger partial charge is 0.310 e. The molecule has 1 heteroatoms. The van der Waals surface area contributed by atoms with Crippen molar-refractivity contribution < 1.29 is 0 Å². The minimum atomic E-state index is -0.529. The summed E-state index contributed by atoms with van der Waals surface area (Å²) in [4.78, 5) is 2.54. The van der Waals surface area contributed by atoms with Crippen molar-refractivity contribution in [1.82, 2.24) is 0 Å². The number of anilines is 3. The van der Waals surface area contributed by atoms with Crippen molar-refractivity contribution in [3.63, 3.8) is 0 Å². The molecule has 74 heavy (non-hydrogen) atoms. The summed E-state index contributed by atoms with van der Waals surface area (Å²) in [7, 11) is 0. The number of para-hydroxylation sites is 1. The lowest BCUT2D eigenvalue weighted by Gasteiger charge is -2.36. The summed E-state index contributed by atoms with van der Waals surface area (Å²) in [5.74, 6) is 1.29. The lowest BCUT2D eigenvalue weighted by atomic mass is 9.67. The maximum atomic E-state index is 2.57. The van der Waals surface area contributed by atoms with Crippen molar-refractivity contribution in [2.24, 2.45) is 0 Å². The van der Waals surface area contributed by atoms with Gasteiger partial charge in [0.2, 0.25) is 0 Å². The number of rotatable bonds is 9. The van der Waals surface area contributed by atoms with E-state index in [1.54, 1.807) is 0 Å². The molecule has 0 radical (unpaired) electrons. The van der Waals surface area contributed by atoms with Crippen molar-refractivity contribution in [1.29, 1.82) is 0 Å². The minimum Gasteiger partial charge on any atom is -0.310 e. The molecule has 0 unspecified atom stereocenters. The van der Waals surface area contributed by atoms with Gasteiger partial charge in [-0.25, -0.2) is 0 Å². The van der Waals surface area contributed by atoms with Gasteiger partial charge in [0.25, 0.3) is 0 Å². The second kappa shape index (κ2) is 19.7. The fourth-order valence-electron chi connectivity index (χ4n) is 13.4. The Balaban J connectivity index is 1.13. The molecule has 11 rings (SSSR count). The molecule has 2 saturated carbocycles. The monoisotopic (exact) mass is 970 g/mol. The molecule has 3 aliphatic rings. The van der Waals surface area contributed by atoms with Crippen LogP contribution in [-0.2, 0) is 21.7 Å². The van der Waals surface area contributed by atoms with E-state index >= 15 is 0 Å². The first kappa shape index (κ1) is 49.8. The van der Waals surface area contributed by atoms with Crippen LogP contribution in [0.1, 0.15) is 188 Å². The van der Waals surface area contributed by atoms with E-state index in [9.17, 15) is 0 Å². The average Bonchev–Trinajstić information content (AvgIpc) is 3.71. The third-order valence-corrected chi connectivity index (χ3v) is 17.4. The van der Waals surface area contributed by atoms with Gasteiger partial charge in [-0.1, -0.05) is 252 Å². The molecular formula is C73H79N. The van der Waals surface area contributed by atoms with Crippen LogP contribution in [-0.4, -0.2) is 0 Å². The Kier molecular flexibility index (Phi) is 13.2. The molecule has 0 aliphatic heterocycles. The molecule has 0 aromatic heterocycles. The van der Waals surface area contributed by atoms with Crippen LogP contribution in [0.3, 0.4) is 0 Å². The summed E-state index contributed by atoms with van der Waals surface area (Å²) < 4.78 is 0. The van der Waals surface area contributed by atoms with Gasteiger partial charge >= 0.3 is 0 Å². The summed E-state index contributed by atoms with van der Waals surface area (Å²) in [6.07, 6.45) is 13.2. The van der Waals surface area contributed by atoms with Crippen LogP contribution in [0, 0.1) is 0 Å². The maximum Gasteiger partial charge on any atom is 0.0714 e. The molecular weight excluding hydrogens is 891 g/mol. The smallest absolute Gasteiger partial charge is 0.0714 e. The van der Waals surface area contributed by atoms with Crippen LogP contribution in [0.25, 0.3) is 33.4 Å². The highest BCUT2D eigenvalue weighted by molar-refractivity contribution is 5.93. The van der Waals surface area contributed by atoms with Crippen molar-refractivity contribution in [2.75, 3.05) is 4.90 Å². The van der Waals surface area contributed by atoms with Gasteiger partial charge in [0.1, 0.15) is 0 Å². The van der Waals surface area contributed by atoms with Gasteiger partial charge in [-0.3, -0.25) is 0 Å². The third kappa shape index (κ3) is 9.18.